The lowest BCUT2D eigenvalue weighted by molar-refractivity contribution is 0.388. The van der Waals surface area contributed by atoms with Crippen LogP contribution in [0.25, 0.3) is 0 Å². The Morgan fingerprint density at radius 2 is 2.28 bits per heavy atom. The first-order chi connectivity index (χ1) is 8.90. The molecule has 18 heavy (non-hydrogen) atoms. The third kappa shape index (κ3) is 4.25. The zero-order chi connectivity index (χ0) is 12.6. The van der Waals surface area contributed by atoms with Crippen LogP contribution < -0.4 is 5.32 Å². The molecular weight excluding hydrogens is 242 g/mol. The van der Waals surface area contributed by atoms with E-state index in [1.165, 1.54) is 32.1 Å². The highest BCUT2D eigenvalue weighted by molar-refractivity contribution is 7.99. The van der Waals surface area contributed by atoms with Gasteiger partial charge in [0, 0.05) is 18.0 Å². The Labute approximate surface area is 114 Å². The van der Waals surface area contributed by atoms with Gasteiger partial charge in [-0.2, -0.15) is 0 Å². The number of rotatable bonds is 7. The van der Waals surface area contributed by atoms with E-state index in [1.54, 1.807) is 6.33 Å². The predicted octanol–water partition coefficient (Wildman–Crippen LogP) is 3.13. The van der Waals surface area contributed by atoms with Crippen molar-refractivity contribution in [1.29, 1.82) is 0 Å². The van der Waals surface area contributed by atoms with E-state index in [0.29, 0.717) is 6.04 Å². The molecule has 0 radical (unpaired) electrons. The lowest BCUT2D eigenvalue weighted by Gasteiger charge is -2.24. The molecule has 1 fully saturated rings. The van der Waals surface area contributed by atoms with Crippen LogP contribution in [0.5, 0.6) is 0 Å². The second-order valence-corrected chi connectivity index (χ2v) is 6.00. The molecule has 0 spiro atoms. The monoisotopic (exact) mass is 265 g/mol. The fraction of sp³-hybridized carbons (Fsp3) is 0.714. The zero-order valence-corrected chi connectivity index (χ0v) is 12.0. The first kappa shape index (κ1) is 13.8. The van der Waals surface area contributed by atoms with Gasteiger partial charge in [-0.05, 0) is 37.8 Å². The standard InChI is InChI=1S/C14H23N3S/c1-2-8-16-13(12-5-3-4-6-12)10-18-14-7-9-15-11-17-14/h7,9,11-13,16H,2-6,8,10H2,1H3. The topological polar surface area (TPSA) is 37.8 Å². The largest absolute Gasteiger partial charge is 0.313 e. The third-order valence-corrected chi connectivity index (χ3v) is 4.65. The molecule has 4 heteroatoms. The second-order valence-electron chi connectivity index (χ2n) is 4.96. The van der Waals surface area contributed by atoms with Crippen LogP contribution in [-0.4, -0.2) is 28.3 Å². The van der Waals surface area contributed by atoms with Crippen LogP contribution in [0.1, 0.15) is 39.0 Å². The van der Waals surface area contributed by atoms with E-state index < -0.39 is 0 Å². The number of nitrogens with one attached hydrogen (secondary N) is 1. The van der Waals surface area contributed by atoms with E-state index in [2.05, 4.69) is 22.2 Å². The van der Waals surface area contributed by atoms with Crippen molar-refractivity contribution in [2.45, 2.75) is 50.1 Å². The van der Waals surface area contributed by atoms with Crippen LogP contribution in [0.2, 0.25) is 0 Å². The average Bonchev–Trinajstić information content (AvgIpc) is 2.94. The minimum Gasteiger partial charge on any atom is -0.313 e. The highest BCUT2D eigenvalue weighted by atomic mass is 32.2. The van der Waals surface area contributed by atoms with Crippen molar-refractivity contribution < 1.29 is 0 Å². The molecule has 2 rings (SSSR count). The lowest BCUT2D eigenvalue weighted by Crippen LogP contribution is -2.37. The third-order valence-electron chi connectivity index (χ3n) is 3.59. The maximum Gasteiger partial charge on any atom is 0.116 e. The molecule has 100 valence electrons. The molecule has 1 atom stereocenters. The number of thioether (sulfide) groups is 1. The van der Waals surface area contributed by atoms with Crippen LogP contribution >= 0.6 is 11.8 Å². The van der Waals surface area contributed by atoms with Crippen LogP contribution in [0.15, 0.2) is 23.6 Å². The van der Waals surface area contributed by atoms with E-state index in [4.69, 9.17) is 0 Å². The summed E-state index contributed by atoms with van der Waals surface area (Å²) in [6, 6.07) is 2.64. The van der Waals surface area contributed by atoms with Crippen molar-refractivity contribution in [1.82, 2.24) is 15.3 Å². The van der Waals surface area contributed by atoms with Gasteiger partial charge in [-0.1, -0.05) is 19.8 Å². The van der Waals surface area contributed by atoms with Crippen LogP contribution in [-0.2, 0) is 0 Å². The van der Waals surface area contributed by atoms with Crippen molar-refractivity contribution in [2.24, 2.45) is 5.92 Å². The summed E-state index contributed by atoms with van der Waals surface area (Å²) in [4.78, 5) is 8.24. The summed E-state index contributed by atoms with van der Waals surface area (Å²) in [5.74, 6) is 1.99. The molecular formula is C14H23N3S. The highest BCUT2D eigenvalue weighted by Crippen LogP contribution is 2.30. The van der Waals surface area contributed by atoms with Crippen molar-refractivity contribution in [2.75, 3.05) is 12.3 Å². The summed E-state index contributed by atoms with van der Waals surface area (Å²) in [5.41, 5.74) is 0. The molecule has 1 heterocycles. The zero-order valence-electron chi connectivity index (χ0n) is 11.1. The van der Waals surface area contributed by atoms with Gasteiger partial charge < -0.3 is 5.32 Å². The lowest BCUT2D eigenvalue weighted by atomic mass is 10.00. The first-order valence-corrected chi connectivity index (χ1v) is 8.01. The minimum atomic E-state index is 0.646. The van der Waals surface area contributed by atoms with Crippen molar-refractivity contribution in [3.05, 3.63) is 18.6 Å². The fourth-order valence-electron chi connectivity index (χ4n) is 2.59. The Morgan fingerprint density at radius 3 is 2.94 bits per heavy atom. The van der Waals surface area contributed by atoms with Crippen LogP contribution in [0, 0.1) is 5.92 Å². The molecule has 0 bridgehead atoms. The molecule has 1 aromatic heterocycles. The Kier molecular flexibility index (Phi) is 5.94. The molecule has 0 saturated heterocycles. The maximum absolute atomic E-state index is 4.28. The number of hydrogen-bond donors (Lipinski definition) is 1. The van der Waals surface area contributed by atoms with E-state index in [-0.39, 0.29) is 0 Å². The van der Waals surface area contributed by atoms with Gasteiger partial charge in [-0.25, -0.2) is 9.97 Å². The highest BCUT2D eigenvalue weighted by Gasteiger charge is 2.24. The van der Waals surface area contributed by atoms with Crippen LogP contribution in [0.3, 0.4) is 0 Å². The molecule has 1 aliphatic carbocycles. The summed E-state index contributed by atoms with van der Waals surface area (Å²) < 4.78 is 0. The molecule has 1 aliphatic rings. The molecule has 1 unspecified atom stereocenters. The van der Waals surface area contributed by atoms with Gasteiger partial charge in [-0.15, -0.1) is 11.8 Å². The Hall–Kier alpha value is -0.610. The summed E-state index contributed by atoms with van der Waals surface area (Å²) >= 11 is 1.85. The van der Waals surface area contributed by atoms with Crippen molar-refractivity contribution >= 4 is 11.8 Å². The van der Waals surface area contributed by atoms with E-state index in [0.717, 1.165) is 23.2 Å². The van der Waals surface area contributed by atoms with Gasteiger partial charge in [0.25, 0.3) is 0 Å². The van der Waals surface area contributed by atoms with Gasteiger partial charge in [0.1, 0.15) is 6.33 Å². The first-order valence-electron chi connectivity index (χ1n) is 7.02. The molecule has 1 aromatic rings. The predicted molar refractivity (Wildman–Crippen MR) is 76.8 cm³/mol. The van der Waals surface area contributed by atoms with Crippen molar-refractivity contribution in [3.63, 3.8) is 0 Å². The van der Waals surface area contributed by atoms with Crippen molar-refractivity contribution in [3.8, 4) is 0 Å². The van der Waals surface area contributed by atoms with Crippen LogP contribution in [0.4, 0.5) is 0 Å². The van der Waals surface area contributed by atoms with E-state index >= 15 is 0 Å². The number of nitrogens with zero attached hydrogens (tertiary/aromatic N) is 2. The summed E-state index contributed by atoms with van der Waals surface area (Å²) in [5, 5.41) is 4.81. The SMILES string of the molecule is CCCNC(CSc1ccncn1)C1CCCC1. The molecule has 1 saturated carbocycles. The van der Waals surface area contributed by atoms with Gasteiger partial charge in [-0.3, -0.25) is 0 Å². The van der Waals surface area contributed by atoms with Gasteiger partial charge in [0.05, 0.1) is 5.03 Å². The molecule has 0 aromatic carbocycles. The second kappa shape index (κ2) is 7.74. The number of aromatic nitrogens is 2. The molecule has 0 aliphatic heterocycles. The maximum atomic E-state index is 4.28. The van der Waals surface area contributed by atoms with Gasteiger partial charge >= 0.3 is 0 Å². The molecule has 3 nitrogen and oxygen atoms in total. The van der Waals surface area contributed by atoms with Gasteiger partial charge in [0.2, 0.25) is 0 Å². The fourth-order valence-corrected chi connectivity index (χ4v) is 3.61. The Balaban J connectivity index is 1.84. The van der Waals surface area contributed by atoms with Gasteiger partial charge in [0.15, 0.2) is 0 Å². The average molecular weight is 265 g/mol. The summed E-state index contributed by atoms with van der Waals surface area (Å²) in [6.07, 6.45) is 10.3. The molecule has 1 N–H and O–H groups in total. The van der Waals surface area contributed by atoms with E-state index in [1.807, 2.05) is 24.0 Å². The quantitative estimate of drug-likeness (QED) is 0.607. The number of hydrogen-bond acceptors (Lipinski definition) is 4. The Morgan fingerprint density at radius 1 is 1.44 bits per heavy atom. The smallest absolute Gasteiger partial charge is 0.116 e. The molecule has 0 amide bonds. The normalized spacial score (nSPS) is 18.1. The Bertz CT molecular complexity index is 325. The summed E-state index contributed by atoms with van der Waals surface area (Å²) in [7, 11) is 0. The van der Waals surface area contributed by atoms with E-state index in [9.17, 15) is 0 Å². The summed E-state index contributed by atoms with van der Waals surface area (Å²) in [6.45, 7) is 3.36. The minimum absolute atomic E-state index is 0.646.